The fourth-order valence-electron chi connectivity index (χ4n) is 2.80. The van der Waals surface area contributed by atoms with E-state index in [2.05, 4.69) is 58.9 Å². The van der Waals surface area contributed by atoms with Crippen LogP contribution in [-0.2, 0) is 19.1 Å². The van der Waals surface area contributed by atoms with E-state index in [1.807, 2.05) is 27.7 Å². The SMILES string of the molecule is CC.CC(C)C(C)N(C)C.CCC.CC[C@H](C)C([C@@H](CC(N)=O)OC)N(C)C(=O)CNC=O. The van der Waals surface area contributed by atoms with Gasteiger partial charge >= 0.3 is 0 Å². The van der Waals surface area contributed by atoms with Crippen LogP contribution in [0.25, 0.3) is 0 Å². The number of nitrogens with zero attached hydrogens (tertiary/aromatic N) is 2. The second-order valence-corrected chi connectivity index (χ2v) is 8.48. The van der Waals surface area contributed by atoms with Gasteiger partial charge < -0.3 is 25.6 Å². The van der Waals surface area contributed by atoms with Crippen LogP contribution in [0.3, 0.4) is 0 Å². The van der Waals surface area contributed by atoms with Crippen molar-refractivity contribution in [1.82, 2.24) is 15.1 Å². The van der Waals surface area contributed by atoms with E-state index in [0.29, 0.717) is 12.5 Å². The highest BCUT2D eigenvalue weighted by Gasteiger charge is 2.33. The molecular formula is C25H56N4O4. The van der Waals surface area contributed by atoms with Crippen molar-refractivity contribution in [3.8, 4) is 0 Å². The van der Waals surface area contributed by atoms with Gasteiger partial charge in [-0.05, 0) is 32.9 Å². The number of likely N-dealkylation sites (N-methyl/N-ethyl adjacent to an activating group) is 1. The third kappa shape index (κ3) is 20.7. The molecule has 0 aromatic rings. The molecular weight excluding hydrogens is 420 g/mol. The molecule has 3 N–H and O–H groups in total. The van der Waals surface area contributed by atoms with Crippen LogP contribution in [0, 0.1) is 11.8 Å². The standard InChI is InChI=1S/C13H25N3O4.C7H17N.C3H8.C2H6/c1-5-9(2)13(10(20-4)6-11(14)18)16(3)12(19)7-15-8-17;1-6(2)7(3)8(4)5;1-3-2;1-2/h8-10,13H,5-7H2,1-4H3,(H2,14,18)(H,15,17);6-7H,1-5H3;3H2,1-2H3;1-2H3/t9-,10+,13?;;;/m0.../s1. The Kier molecular flexibility index (Phi) is 29.2. The van der Waals surface area contributed by atoms with Gasteiger partial charge in [0.15, 0.2) is 0 Å². The molecule has 0 aliphatic heterocycles. The van der Waals surface area contributed by atoms with Crippen molar-refractivity contribution in [2.45, 2.75) is 99.8 Å². The molecule has 200 valence electrons. The van der Waals surface area contributed by atoms with E-state index >= 15 is 0 Å². The van der Waals surface area contributed by atoms with Gasteiger partial charge in [-0.15, -0.1) is 0 Å². The second kappa shape index (κ2) is 25.0. The Hall–Kier alpha value is -1.67. The summed E-state index contributed by atoms with van der Waals surface area (Å²) in [5, 5.41) is 2.33. The minimum atomic E-state index is -0.475. The van der Waals surface area contributed by atoms with E-state index in [1.165, 1.54) is 18.4 Å². The molecule has 3 amide bonds. The number of hydrogen-bond acceptors (Lipinski definition) is 5. The Morgan fingerprint density at radius 2 is 1.48 bits per heavy atom. The number of carbonyl (C=O) groups excluding carboxylic acids is 3. The monoisotopic (exact) mass is 476 g/mol. The molecule has 0 fully saturated rings. The van der Waals surface area contributed by atoms with Crippen LogP contribution >= 0.6 is 0 Å². The molecule has 8 nitrogen and oxygen atoms in total. The maximum atomic E-state index is 12.0. The summed E-state index contributed by atoms with van der Waals surface area (Å²) >= 11 is 0. The molecule has 0 saturated heterocycles. The lowest BCUT2D eigenvalue weighted by Crippen LogP contribution is -2.52. The molecule has 4 atom stereocenters. The molecule has 0 aromatic carbocycles. The van der Waals surface area contributed by atoms with Crippen LogP contribution in [0.5, 0.6) is 0 Å². The smallest absolute Gasteiger partial charge is 0.242 e. The molecule has 33 heavy (non-hydrogen) atoms. The number of nitrogens with one attached hydrogen (secondary N) is 1. The highest BCUT2D eigenvalue weighted by atomic mass is 16.5. The van der Waals surface area contributed by atoms with Crippen molar-refractivity contribution in [2.75, 3.05) is 34.8 Å². The first-order chi connectivity index (χ1) is 15.4. The normalized spacial score (nSPS) is 13.5. The molecule has 0 bridgehead atoms. The van der Waals surface area contributed by atoms with Crippen LogP contribution in [0.1, 0.15) is 81.6 Å². The Bertz CT molecular complexity index is 465. The fourth-order valence-corrected chi connectivity index (χ4v) is 2.80. The number of methoxy groups -OCH3 is 1. The third-order valence-corrected chi connectivity index (χ3v) is 5.27. The Labute approximate surface area is 205 Å². The summed E-state index contributed by atoms with van der Waals surface area (Å²) in [4.78, 5) is 37.1. The van der Waals surface area contributed by atoms with Crippen molar-refractivity contribution in [2.24, 2.45) is 17.6 Å². The minimum absolute atomic E-state index is 0.0459. The van der Waals surface area contributed by atoms with Crippen molar-refractivity contribution >= 4 is 18.2 Å². The van der Waals surface area contributed by atoms with E-state index in [-0.39, 0.29) is 30.8 Å². The number of rotatable bonds is 12. The highest BCUT2D eigenvalue weighted by molar-refractivity contribution is 5.80. The molecule has 0 saturated carbocycles. The zero-order valence-electron chi connectivity index (χ0n) is 23.9. The maximum absolute atomic E-state index is 12.0. The van der Waals surface area contributed by atoms with Gasteiger partial charge in [-0.25, -0.2) is 0 Å². The number of primary amides is 1. The first-order valence-electron chi connectivity index (χ1n) is 12.3. The van der Waals surface area contributed by atoms with E-state index < -0.39 is 12.0 Å². The summed E-state index contributed by atoms with van der Waals surface area (Å²) < 4.78 is 5.34. The van der Waals surface area contributed by atoms with Gasteiger partial charge in [0.05, 0.1) is 25.1 Å². The van der Waals surface area contributed by atoms with E-state index in [0.717, 1.165) is 12.3 Å². The summed E-state index contributed by atoms with van der Waals surface area (Å²) in [7, 11) is 7.36. The Morgan fingerprint density at radius 3 is 1.73 bits per heavy atom. The molecule has 8 heteroatoms. The predicted octanol–water partition coefficient (Wildman–Crippen LogP) is 3.53. The summed E-state index contributed by atoms with van der Waals surface area (Å²) in [5.41, 5.74) is 5.22. The zero-order chi connectivity index (χ0) is 27.1. The molecule has 2 unspecified atom stereocenters. The van der Waals surface area contributed by atoms with Crippen LogP contribution in [0.4, 0.5) is 0 Å². The van der Waals surface area contributed by atoms with Gasteiger partial charge in [-0.3, -0.25) is 14.4 Å². The first-order valence-corrected chi connectivity index (χ1v) is 12.3. The molecule has 0 rings (SSSR count). The summed E-state index contributed by atoms with van der Waals surface area (Å²) in [5.74, 6) is 0.181. The van der Waals surface area contributed by atoms with E-state index in [4.69, 9.17) is 10.5 Å². The van der Waals surface area contributed by atoms with Crippen LogP contribution in [0.2, 0.25) is 0 Å². The van der Waals surface area contributed by atoms with Crippen LogP contribution < -0.4 is 11.1 Å². The van der Waals surface area contributed by atoms with E-state index in [1.54, 1.807) is 7.05 Å². The zero-order valence-corrected chi connectivity index (χ0v) is 23.9. The first kappa shape index (κ1) is 38.6. The third-order valence-electron chi connectivity index (χ3n) is 5.27. The van der Waals surface area contributed by atoms with Crippen molar-refractivity contribution in [1.29, 1.82) is 0 Å². The number of nitrogens with two attached hydrogens (primary N) is 1. The topological polar surface area (TPSA) is 105 Å². The lowest BCUT2D eigenvalue weighted by molar-refractivity contribution is -0.138. The predicted molar refractivity (Wildman–Crippen MR) is 140 cm³/mol. The second-order valence-electron chi connectivity index (χ2n) is 8.48. The van der Waals surface area contributed by atoms with Gasteiger partial charge in [0.2, 0.25) is 18.2 Å². The molecule has 0 aromatic heterocycles. The fraction of sp³-hybridized carbons (Fsp3) is 0.880. The molecule has 0 radical (unpaired) electrons. The quantitative estimate of drug-likeness (QED) is 0.419. The lowest BCUT2D eigenvalue weighted by Gasteiger charge is -2.37. The number of hydrogen-bond donors (Lipinski definition) is 2. The highest BCUT2D eigenvalue weighted by Crippen LogP contribution is 2.21. The van der Waals surface area contributed by atoms with E-state index in [9.17, 15) is 14.4 Å². The van der Waals surface area contributed by atoms with Crippen LogP contribution in [-0.4, -0.2) is 81.0 Å². The van der Waals surface area contributed by atoms with Gasteiger partial charge in [-0.1, -0.05) is 68.2 Å². The molecule has 0 aliphatic carbocycles. The van der Waals surface area contributed by atoms with Crippen molar-refractivity contribution in [3.05, 3.63) is 0 Å². The average molecular weight is 477 g/mol. The van der Waals surface area contributed by atoms with Crippen molar-refractivity contribution in [3.63, 3.8) is 0 Å². The number of ether oxygens (including phenoxy) is 1. The largest absolute Gasteiger partial charge is 0.379 e. The Morgan fingerprint density at radius 1 is 1.03 bits per heavy atom. The lowest BCUT2D eigenvalue weighted by atomic mass is 9.91. The van der Waals surface area contributed by atoms with Gasteiger partial charge in [0.25, 0.3) is 0 Å². The molecule has 0 aliphatic rings. The van der Waals surface area contributed by atoms with Crippen molar-refractivity contribution < 1.29 is 19.1 Å². The Balaban J connectivity index is -0.000000267. The number of amides is 3. The maximum Gasteiger partial charge on any atom is 0.242 e. The van der Waals surface area contributed by atoms with Crippen LogP contribution in [0.15, 0.2) is 0 Å². The molecule has 0 heterocycles. The summed E-state index contributed by atoms with van der Waals surface area (Å²) in [6, 6.07) is 0.424. The molecule has 0 spiro atoms. The van der Waals surface area contributed by atoms with Gasteiger partial charge in [0, 0.05) is 20.2 Å². The average Bonchev–Trinajstić information content (AvgIpc) is 2.77. The summed E-state index contributed by atoms with van der Waals surface area (Å²) in [6.45, 7) is 18.9. The summed E-state index contributed by atoms with van der Waals surface area (Å²) in [6.07, 6.45) is 2.13. The number of carbonyl (C=O) groups is 3. The minimum Gasteiger partial charge on any atom is -0.379 e. The van der Waals surface area contributed by atoms with Gasteiger partial charge in [0.1, 0.15) is 0 Å². The van der Waals surface area contributed by atoms with Gasteiger partial charge in [-0.2, -0.15) is 0 Å².